The maximum atomic E-state index is 8.55. The van der Waals surface area contributed by atoms with E-state index in [0.29, 0.717) is 5.71 Å². The smallest absolute Gasteiger partial charge is 0.216 e. The predicted molar refractivity (Wildman–Crippen MR) is 224 cm³/mol. The van der Waals surface area contributed by atoms with E-state index in [0.717, 1.165) is 72.2 Å². The van der Waals surface area contributed by atoms with Crippen LogP contribution in [0.5, 0.6) is 0 Å². The van der Waals surface area contributed by atoms with E-state index in [4.69, 9.17) is 12.1 Å². The van der Waals surface area contributed by atoms with Crippen LogP contribution in [0.15, 0.2) is 114 Å². The van der Waals surface area contributed by atoms with Gasteiger partial charge in [-0.05, 0) is 71.4 Å². The van der Waals surface area contributed by atoms with Gasteiger partial charge in [0.1, 0.15) is 0 Å². The second kappa shape index (κ2) is 15.6. The molecular weight excluding hydrogens is 857 g/mol. The summed E-state index contributed by atoms with van der Waals surface area (Å²) in [4.78, 5) is 14.3. The molecular formula is C47H48IrN4OSi-2. The van der Waals surface area contributed by atoms with E-state index in [1.807, 2.05) is 81.6 Å². The van der Waals surface area contributed by atoms with Gasteiger partial charge >= 0.3 is 0 Å². The van der Waals surface area contributed by atoms with Gasteiger partial charge in [-0.15, -0.1) is 54.1 Å². The normalized spacial score (nSPS) is 12.7. The van der Waals surface area contributed by atoms with Crippen molar-refractivity contribution >= 4 is 46.4 Å². The number of fused-ring (bicyclic) bond motifs is 4. The average Bonchev–Trinajstić information content (AvgIpc) is 3.72. The number of hydrogen-bond acceptors (Lipinski definition) is 4. The second-order valence-electron chi connectivity index (χ2n) is 16.0. The quantitative estimate of drug-likeness (QED) is 0.123. The number of pyridine rings is 2. The third-order valence-corrected chi connectivity index (χ3v) is 11.3. The van der Waals surface area contributed by atoms with Crippen molar-refractivity contribution in [3.63, 3.8) is 0 Å². The third-order valence-electron chi connectivity index (χ3n) is 9.32. The predicted octanol–water partition coefficient (Wildman–Crippen LogP) is 11.7. The molecule has 4 aromatic heterocycles. The van der Waals surface area contributed by atoms with Crippen LogP contribution in [0.25, 0.3) is 61.4 Å². The molecule has 0 saturated heterocycles. The van der Waals surface area contributed by atoms with Crippen LogP contribution in [0.2, 0.25) is 19.6 Å². The molecule has 1 radical (unpaired) electrons. The summed E-state index contributed by atoms with van der Waals surface area (Å²) in [5, 5.41) is 3.13. The molecule has 54 heavy (non-hydrogen) atoms. The van der Waals surface area contributed by atoms with Gasteiger partial charge in [-0.1, -0.05) is 107 Å². The number of rotatable bonds is 6. The van der Waals surface area contributed by atoms with Gasteiger partial charge in [0.15, 0.2) is 0 Å². The molecule has 0 saturated carbocycles. The fourth-order valence-electron chi connectivity index (χ4n) is 6.80. The van der Waals surface area contributed by atoms with Crippen LogP contribution in [0.4, 0.5) is 0 Å². The maximum absolute atomic E-state index is 8.55. The Morgan fingerprint density at radius 1 is 0.852 bits per heavy atom. The van der Waals surface area contributed by atoms with E-state index in [9.17, 15) is 0 Å². The van der Waals surface area contributed by atoms with Crippen molar-refractivity contribution in [1.82, 2.24) is 19.5 Å². The van der Waals surface area contributed by atoms with Crippen LogP contribution in [0, 0.1) is 25.0 Å². The minimum absolute atomic E-state index is 0. The first-order chi connectivity index (χ1) is 26.1. The maximum Gasteiger partial charge on any atom is 0.216 e. The molecule has 0 spiro atoms. The molecule has 8 rings (SSSR count). The topological polar surface area (TPSA) is 56.7 Å². The first kappa shape index (κ1) is 36.3. The first-order valence-electron chi connectivity index (χ1n) is 19.3. The Kier molecular flexibility index (Phi) is 10.5. The van der Waals surface area contributed by atoms with Gasteiger partial charge in [-0.25, -0.2) is 4.98 Å². The van der Waals surface area contributed by atoms with Gasteiger partial charge in [-0.2, -0.15) is 0 Å². The number of imidazole rings is 1. The molecule has 0 aliphatic carbocycles. The monoisotopic (exact) mass is 907 g/mol. The molecule has 0 unspecified atom stereocenters. The molecule has 5 nitrogen and oxygen atoms in total. The second-order valence-corrected chi connectivity index (χ2v) is 21.0. The van der Waals surface area contributed by atoms with E-state index < -0.39 is 14.4 Å². The Labute approximate surface area is 337 Å². The number of aromatic nitrogens is 4. The Morgan fingerprint density at radius 3 is 2.31 bits per heavy atom. The van der Waals surface area contributed by atoms with Gasteiger partial charge in [0.05, 0.1) is 30.5 Å². The summed E-state index contributed by atoms with van der Waals surface area (Å²) in [7, 11) is -1.67. The Hall–Kier alpha value is -4.68. The van der Waals surface area contributed by atoms with Crippen molar-refractivity contribution in [1.29, 1.82) is 0 Å². The Balaban J connectivity index is 0.000000203. The fraction of sp³-hybridized carbons (Fsp3) is 0.255. The molecule has 0 fully saturated rings. The van der Waals surface area contributed by atoms with Gasteiger partial charge in [-0.3, -0.25) is 4.98 Å². The van der Waals surface area contributed by atoms with Gasteiger partial charge in [0, 0.05) is 45.8 Å². The number of furan rings is 1. The number of benzene rings is 4. The summed E-state index contributed by atoms with van der Waals surface area (Å²) in [6.07, 6.45) is 0.528. The van der Waals surface area contributed by atoms with Crippen molar-refractivity contribution in [3.8, 4) is 28.3 Å². The zero-order chi connectivity index (χ0) is 39.3. The zero-order valence-corrected chi connectivity index (χ0v) is 35.9. The summed E-state index contributed by atoms with van der Waals surface area (Å²) in [6.45, 7) is 19.3. The zero-order valence-electron chi connectivity index (χ0n) is 34.5. The van der Waals surface area contributed by atoms with Crippen LogP contribution in [0.1, 0.15) is 54.2 Å². The first-order valence-corrected chi connectivity index (χ1v) is 21.8. The standard InChI is InChI=1S/C29H24N3O.C18H24NSi.Ir/c1-18-16-17-20-19-10-9-11-21(26(19)33-28(20)30-18)27-31-23-13-6-8-15-25(23)32(27)24-14-7-5-12-22(24)29(2,3)4;1-14(2)11-16-12-17(15-9-7-6-8-10-15)19-13-18(16)20(3,4)5;/h5-10,12-17H,1-4H3;6-9,12-14H,11H2,1-5H3;/q2*-1;/i;11D2;. The fourth-order valence-corrected chi connectivity index (χ4v) is 8.21. The number of hydrogen-bond donors (Lipinski definition) is 0. The number of aryl methyl sites for hydroxylation is 1. The molecule has 0 bridgehead atoms. The van der Waals surface area contributed by atoms with Crippen LogP contribution < -0.4 is 5.19 Å². The van der Waals surface area contributed by atoms with Crippen LogP contribution in [-0.4, -0.2) is 27.6 Å². The van der Waals surface area contributed by atoms with Gasteiger partial charge < -0.3 is 14.0 Å². The van der Waals surface area contributed by atoms with Crippen LogP contribution in [0.3, 0.4) is 0 Å². The summed E-state index contributed by atoms with van der Waals surface area (Å²) in [5.41, 5.74) is 9.99. The van der Waals surface area contributed by atoms with E-state index in [1.54, 1.807) is 0 Å². The molecule has 4 heterocycles. The minimum atomic E-state index is -1.67. The molecule has 8 aromatic rings. The van der Waals surface area contributed by atoms with Crippen molar-refractivity contribution in [2.75, 3.05) is 0 Å². The molecule has 277 valence electrons. The molecule has 7 heteroatoms. The van der Waals surface area contributed by atoms with E-state index in [-0.39, 0.29) is 31.4 Å². The third kappa shape index (κ3) is 7.90. The van der Waals surface area contributed by atoms with E-state index >= 15 is 0 Å². The van der Waals surface area contributed by atoms with Crippen LogP contribution >= 0.6 is 0 Å². The summed E-state index contributed by atoms with van der Waals surface area (Å²) < 4.78 is 25.7. The molecule has 4 aromatic carbocycles. The molecule has 0 atom stereocenters. The average molecular weight is 907 g/mol. The number of nitrogens with zero attached hydrogens (tertiary/aromatic N) is 4. The molecule has 0 aliphatic heterocycles. The largest absolute Gasteiger partial charge is 0.486 e. The van der Waals surface area contributed by atoms with Crippen molar-refractivity contribution < 1.29 is 27.3 Å². The van der Waals surface area contributed by atoms with E-state index in [2.05, 4.69) is 116 Å². The summed E-state index contributed by atoms with van der Waals surface area (Å²) >= 11 is 0. The van der Waals surface area contributed by atoms with E-state index in [1.165, 1.54) is 5.56 Å². The van der Waals surface area contributed by atoms with Crippen molar-refractivity contribution in [3.05, 3.63) is 138 Å². The Bertz CT molecular complexity index is 2650. The Morgan fingerprint density at radius 2 is 1.59 bits per heavy atom. The van der Waals surface area contributed by atoms with Crippen molar-refractivity contribution in [2.24, 2.45) is 5.92 Å². The molecule has 0 aliphatic rings. The SMILES string of the molecule is Cc1ccc2c(n1)oc1c(-c3nc4ccccc4n3-c3ccccc3C(C)(C)C)[c-]ccc12.[2H]C([2H])(c1cc(-c2[c-]cccc2)ncc1[Si](C)(C)C)C(C)C.[Ir]. The van der Waals surface area contributed by atoms with Crippen molar-refractivity contribution in [2.45, 2.75) is 73.0 Å². The van der Waals surface area contributed by atoms with Crippen LogP contribution in [-0.2, 0) is 31.9 Å². The molecule has 0 N–H and O–H groups in total. The molecule has 0 amide bonds. The summed E-state index contributed by atoms with van der Waals surface area (Å²) in [6, 6.07) is 41.1. The van der Waals surface area contributed by atoms with Gasteiger partial charge in [0.25, 0.3) is 0 Å². The number of para-hydroxylation sites is 3. The summed E-state index contributed by atoms with van der Waals surface area (Å²) in [5.74, 6) is 0.729. The minimum Gasteiger partial charge on any atom is -0.486 e. The van der Waals surface area contributed by atoms with Gasteiger partial charge in [0.2, 0.25) is 5.71 Å².